The maximum atomic E-state index is 9.70. The van der Waals surface area contributed by atoms with Crippen molar-refractivity contribution in [1.82, 2.24) is 5.32 Å². The van der Waals surface area contributed by atoms with Gasteiger partial charge in [0.1, 0.15) is 0 Å². The van der Waals surface area contributed by atoms with Gasteiger partial charge in [-0.05, 0) is 51.3 Å². The number of carboxylic acids is 1. The van der Waals surface area contributed by atoms with Gasteiger partial charge >= 0.3 is 5.97 Å². The minimum Gasteiger partial charge on any atom is -0.481 e. The average molecular weight is 363 g/mol. The van der Waals surface area contributed by atoms with Crippen LogP contribution >= 0.6 is 0 Å². The maximum absolute atomic E-state index is 9.70. The predicted octanol–water partition coefficient (Wildman–Crippen LogP) is 4.85. The molecule has 1 fully saturated rings. The largest absolute Gasteiger partial charge is 0.481 e. The summed E-state index contributed by atoms with van der Waals surface area (Å²) in [4.78, 5) is 9.70. The van der Waals surface area contributed by atoms with E-state index in [0.717, 1.165) is 6.04 Å². The lowest BCUT2D eigenvalue weighted by Crippen LogP contribution is -2.31. The Bertz CT molecular complexity index is 454. The molecule has 0 radical (unpaired) electrons. The summed E-state index contributed by atoms with van der Waals surface area (Å²) in [7, 11) is 0. The molecule has 0 atom stereocenters. The van der Waals surface area contributed by atoms with Crippen LogP contribution in [0.15, 0.2) is 36.4 Å². The first-order valence-corrected chi connectivity index (χ1v) is 9.97. The smallest absolute Gasteiger partial charge is 0.303 e. The average Bonchev–Trinajstić information content (AvgIpc) is 2.68. The third kappa shape index (κ3) is 15.9. The van der Waals surface area contributed by atoms with Crippen molar-refractivity contribution in [3.63, 3.8) is 0 Å². The van der Waals surface area contributed by atoms with Gasteiger partial charge in [0.15, 0.2) is 0 Å². The van der Waals surface area contributed by atoms with Crippen LogP contribution in [-0.4, -0.2) is 30.2 Å². The second-order valence-electron chi connectivity index (χ2n) is 6.49. The van der Waals surface area contributed by atoms with Crippen LogP contribution in [0.1, 0.15) is 70.8 Å². The summed E-state index contributed by atoms with van der Waals surface area (Å²) >= 11 is 0. The van der Waals surface area contributed by atoms with E-state index in [9.17, 15) is 4.79 Å². The zero-order chi connectivity index (χ0) is 19.5. The number of benzene rings is 1. The molecule has 4 nitrogen and oxygen atoms in total. The molecule has 4 heteroatoms. The van der Waals surface area contributed by atoms with Crippen molar-refractivity contribution in [2.45, 2.75) is 71.3 Å². The number of carboxylic acid groups (broad SMARTS) is 1. The first kappa shape index (κ1) is 24.4. The summed E-state index contributed by atoms with van der Waals surface area (Å²) in [5, 5.41) is 11.6. The first-order valence-electron chi connectivity index (χ1n) is 9.97. The van der Waals surface area contributed by atoms with E-state index >= 15 is 0 Å². The van der Waals surface area contributed by atoms with Gasteiger partial charge in [-0.3, -0.25) is 4.79 Å². The third-order valence-electron chi connectivity index (χ3n) is 4.04. The summed E-state index contributed by atoms with van der Waals surface area (Å²) < 4.78 is 0. The van der Waals surface area contributed by atoms with Gasteiger partial charge in [-0.2, -0.15) is 0 Å². The number of rotatable bonds is 7. The van der Waals surface area contributed by atoms with Crippen LogP contribution in [0.4, 0.5) is 0 Å². The molecule has 0 bridgehead atoms. The van der Waals surface area contributed by atoms with E-state index in [-0.39, 0.29) is 6.42 Å². The Morgan fingerprint density at radius 3 is 2.35 bits per heavy atom. The van der Waals surface area contributed by atoms with Crippen LogP contribution in [0.5, 0.6) is 0 Å². The number of carbonyl (C=O) groups is 1. The van der Waals surface area contributed by atoms with Crippen LogP contribution in [0.3, 0.4) is 0 Å². The summed E-state index contributed by atoms with van der Waals surface area (Å²) in [6.07, 6.45) is 13.4. The van der Waals surface area contributed by atoms with Crippen LogP contribution in [0.2, 0.25) is 0 Å². The molecule has 1 aliphatic carbocycles. The van der Waals surface area contributed by atoms with Gasteiger partial charge in [-0.15, -0.1) is 0 Å². The molecule has 0 spiro atoms. The molecule has 1 aliphatic rings. The van der Waals surface area contributed by atoms with E-state index in [1.165, 1.54) is 50.6 Å². The Morgan fingerprint density at radius 1 is 1.23 bits per heavy atom. The lowest BCUT2D eigenvalue weighted by atomic mass is 9.95. The van der Waals surface area contributed by atoms with Gasteiger partial charge in [0.05, 0.1) is 0 Å². The van der Waals surface area contributed by atoms with Crippen LogP contribution in [0, 0.1) is 0 Å². The molecule has 4 N–H and O–H groups in total. The molecular weight excluding hydrogens is 324 g/mol. The number of nitrogens with one attached hydrogen (secondary N) is 1. The zero-order valence-electron chi connectivity index (χ0n) is 16.6. The normalized spacial score (nSPS) is 14.1. The van der Waals surface area contributed by atoms with E-state index in [1.807, 2.05) is 31.2 Å². The Kier molecular flexibility index (Phi) is 17.0. The minimum absolute atomic E-state index is 0.191. The fourth-order valence-corrected chi connectivity index (χ4v) is 2.67. The predicted molar refractivity (Wildman–Crippen MR) is 112 cm³/mol. The van der Waals surface area contributed by atoms with Crippen LogP contribution in [0.25, 0.3) is 6.08 Å². The summed E-state index contributed by atoms with van der Waals surface area (Å²) in [5.41, 5.74) is 6.28. The van der Waals surface area contributed by atoms with Crippen molar-refractivity contribution in [3.05, 3.63) is 42.0 Å². The van der Waals surface area contributed by atoms with E-state index < -0.39 is 5.97 Å². The van der Waals surface area contributed by atoms with Gasteiger partial charge in [-0.1, -0.05) is 68.7 Å². The monoisotopic (exact) mass is 362 g/mol. The van der Waals surface area contributed by atoms with Crippen molar-refractivity contribution in [1.29, 1.82) is 0 Å². The second-order valence-corrected chi connectivity index (χ2v) is 6.49. The molecule has 1 aromatic rings. The molecule has 0 aliphatic heterocycles. The van der Waals surface area contributed by atoms with Gasteiger partial charge in [0.2, 0.25) is 0 Å². The second kappa shape index (κ2) is 18.2. The highest BCUT2D eigenvalue weighted by molar-refractivity contribution is 5.66. The van der Waals surface area contributed by atoms with Crippen molar-refractivity contribution < 1.29 is 9.90 Å². The van der Waals surface area contributed by atoms with E-state index in [2.05, 4.69) is 30.4 Å². The van der Waals surface area contributed by atoms with Crippen molar-refractivity contribution in [3.8, 4) is 0 Å². The van der Waals surface area contributed by atoms with E-state index in [0.29, 0.717) is 13.0 Å². The van der Waals surface area contributed by atoms with E-state index in [1.54, 1.807) is 0 Å². The molecule has 1 saturated carbocycles. The minimum atomic E-state index is -0.773. The lowest BCUT2D eigenvalue weighted by molar-refractivity contribution is -0.137. The number of nitrogens with two attached hydrogens (primary N) is 1. The molecule has 1 aromatic carbocycles. The zero-order valence-corrected chi connectivity index (χ0v) is 16.6. The topological polar surface area (TPSA) is 75.3 Å². The van der Waals surface area contributed by atoms with Gasteiger partial charge in [0.25, 0.3) is 0 Å². The highest BCUT2D eigenvalue weighted by Gasteiger charge is 2.10. The Balaban J connectivity index is 0.000000368. The number of hydrogen-bond acceptors (Lipinski definition) is 3. The van der Waals surface area contributed by atoms with Crippen molar-refractivity contribution in [2.75, 3.05) is 13.1 Å². The highest BCUT2D eigenvalue weighted by Crippen LogP contribution is 2.16. The van der Waals surface area contributed by atoms with Crippen molar-refractivity contribution in [2.24, 2.45) is 5.73 Å². The van der Waals surface area contributed by atoms with Crippen LogP contribution in [-0.2, 0) is 4.79 Å². The van der Waals surface area contributed by atoms with Crippen LogP contribution < -0.4 is 11.1 Å². The first-order chi connectivity index (χ1) is 12.6. The van der Waals surface area contributed by atoms with Gasteiger partial charge < -0.3 is 16.2 Å². The SMILES string of the molecule is C/C=C\c1ccccc1.CCCNC1CCCCC1.NCCCC(=O)O. The van der Waals surface area contributed by atoms with E-state index in [4.69, 9.17) is 10.8 Å². The number of allylic oxidation sites excluding steroid dienone is 1. The summed E-state index contributed by atoms with van der Waals surface area (Å²) in [6, 6.07) is 11.1. The third-order valence-corrected chi connectivity index (χ3v) is 4.04. The molecular formula is C22H38N2O2. The molecule has 0 unspecified atom stereocenters. The Morgan fingerprint density at radius 2 is 1.88 bits per heavy atom. The summed E-state index contributed by atoms with van der Waals surface area (Å²) in [6.45, 7) is 5.93. The fourth-order valence-electron chi connectivity index (χ4n) is 2.67. The molecule has 26 heavy (non-hydrogen) atoms. The van der Waals surface area contributed by atoms with Gasteiger partial charge in [0, 0.05) is 12.5 Å². The van der Waals surface area contributed by atoms with Crippen molar-refractivity contribution >= 4 is 12.0 Å². The fraction of sp³-hybridized carbons (Fsp3) is 0.591. The lowest BCUT2D eigenvalue weighted by Gasteiger charge is -2.22. The number of aliphatic carboxylic acids is 1. The highest BCUT2D eigenvalue weighted by atomic mass is 16.4. The standard InChI is InChI=1S/C9H19N.C9H10.C4H9NO2/c1-2-8-10-9-6-4-3-5-7-9;1-2-6-9-7-4-3-5-8-9;5-3-1-2-4(6)7/h9-10H,2-8H2,1H3;2-8H,1H3;1-3,5H2,(H,6,7)/b;6-2-;. The number of hydrogen-bond donors (Lipinski definition) is 3. The Labute approximate surface area is 159 Å². The molecule has 148 valence electrons. The molecule has 2 rings (SSSR count). The molecule has 0 heterocycles. The quantitative estimate of drug-likeness (QED) is 0.648. The summed E-state index contributed by atoms with van der Waals surface area (Å²) in [5.74, 6) is -0.773. The molecule has 0 amide bonds. The maximum Gasteiger partial charge on any atom is 0.303 e. The van der Waals surface area contributed by atoms with Gasteiger partial charge in [-0.25, -0.2) is 0 Å². The Hall–Kier alpha value is -1.65. The molecule has 0 aromatic heterocycles. The molecule has 0 saturated heterocycles.